The number of carbonyl (C=O) groups is 1. The number of nitrogens with zero attached hydrogens (tertiary/aromatic N) is 2. The molecule has 0 unspecified atom stereocenters. The summed E-state index contributed by atoms with van der Waals surface area (Å²) in [6, 6.07) is 11.5. The van der Waals surface area contributed by atoms with Crippen LogP contribution >= 0.6 is 0 Å². The molecule has 46 heavy (non-hydrogen) atoms. The topological polar surface area (TPSA) is 101 Å². The van der Waals surface area contributed by atoms with Crippen molar-refractivity contribution in [2.75, 3.05) is 0 Å². The Hall–Kier alpha value is -3.95. The molecule has 1 fully saturated rings. The van der Waals surface area contributed by atoms with Gasteiger partial charge < -0.3 is 14.2 Å². The molecule has 1 aliphatic carbocycles. The lowest BCUT2D eigenvalue weighted by Crippen LogP contribution is -2.45. The molecule has 8 nitrogen and oxygen atoms in total. The lowest BCUT2D eigenvalue weighted by molar-refractivity contribution is -0.384. The number of ether oxygens (including phenoxy) is 3. The first-order valence-electron chi connectivity index (χ1n) is 16.0. The smallest absolute Gasteiger partial charge is 0.308 e. The van der Waals surface area contributed by atoms with Gasteiger partial charge in [-0.3, -0.25) is 19.9 Å². The van der Waals surface area contributed by atoms with E-state index < -0.39 is 17.5 Å². The summed E-state index contributed by atoms with van der Waals surface area (Å²) in [6.07, 6.45) is 5.99. The second-order valence-corrected chi connectivity index (χ2v) is 13.9. The molecular formula is C37H43FN2O6. The van der Waals surface area contributed by atoms with Crippen LogP contribution in [0.3, 0.4) is 0 Å². The summed E-state index contributed by atoms with van der Waals surface area (Å²) in [5.74, 6) is -1.53. The Kier molecular flexibility index (Phi) is 9.47. The maximum Gasteiger partial charge on any atom is 0.308 e. The first-order chi connectivity index (χ1) is 21.6. The summed E-state index contributed by atoms with van der Waals surface area (Å²) in [6.45, 7) is 13.4. The zero-order valence-corrected chi connectivity index (χ0v) is 27.7. The molecule has 0 saturated carbocycles. The van der Waals surface area contributed by atoms with Crippen molar-refractivity contribution in [1.29, 1.82) is 0 Å². The number of esters is 1. The maximum atomic E-state index is 14.2. The minimum Gasteiger partial charge on any atom is -0.460 e. The minimum absolute atomic E-state index is 0.0534. The van der Waals surface area contributed by atoms with Crippen molar-refractivity contribution in [1.82, 2.24) is 4.98 Å². The lowest BCUT2D eigenvalue weighted by atomic mass is 9.85. The van der Waals surface area contributed by atoms with E-state index in [9.17, 15) is 19.3 Å². The van der Waals surface area contributed by atoms with E-state index in [0.29, 0.717) is 19.3 Å². The van der Waals surface area contributed by atoms with Crippen molar-refractivity contribution in [3.8, 4) is 22.3 Å². The van der Waals surface area contributed by atoms with E-state index in [1.807, 2.05) is 52.8 Å². The van der Waals surface area contributed by atoms with Gasteiger partial charge in [0.2, 0.25) is 0 Å². The average molecular weight is 631 g/mol. The number of carbonyl (C=O) groups excluding carboxylic acids is 1. The van der Waals surface area contributed by atoms with Crippen LogP contribution in [-0.4, -0.2) is 39.5 Å². The molecule has 5 rings (SSSR count). The van der Waals surface area contributed by atoms with Crippen LogP contribution < -0.4 is 0 Å². The van der Waals surface area contributed by atoms with E-state index in [1.165, 1.54) is 18.2 Å². The van der Waals surface area contributed by atoms with Gasteiger partial charge in [0.05, 0.1) is 29.2 Å². The third kappa shape index (κ3) is 7.70. The highest BCUT2D eigenvalue weighted by atomic mass is 19.1. The van der Waals surface area contributed by atoms with E-state index >= 15 is 0 Å². The van der Waals surface area contributed by atoms with Crippen LogP contribution in [0, 0.1) is 15.9 Å². The highest BCUT2D eigenvalue weighted by molar-refractivity contribution is 5.93. The van der Waals surface area contributed by atoms with Crippen LogP contribution in [-0.2, 0) is 31.8 Å². The van der Waals surface area contributed by atoms with Crippen molar-refractivity contribution in [3.05, 3.63) is 87.0 Å². The predicted molar refractivity (Wildman–Crippen MR) is 176 cm³/mol. The molecule has 3 aromatic rings. The Morgan fingerprint density at radius 2 is 1.85 bits per heavy atom. The minimum atomic E-state index is -0.930. The Balaban J connectivity index is 1.64. The van der Waals surface area contributed by atoms with E-state index in [2.05, 4.69) is 13.8 Å². The van der Waals surface area contributed by atoms with Gasteiger partial charge in [-0.1, -0.05) is 38.1 Å². The number of fused-ring (bicyclic) bond motifs is 3. The van der Waals surface area contributed by atoms with E-state index in [0.717, 1.165) is 51.2 Å². The van der Waals surface area contributed by atoms with Crippen molar-refractivity contribution < 1.29 is 28.3 Å². The van der Waals surface area contributed by atoms with Crippen LogP contribution in [0.15, 0.2) is 48.5 Å². The Morgan fingerprint density at radius 3 is 2.50 bits per heavy atom. The molecule has 1 saturated heterocycles. The van der Waals surface area contributed by atoms with Crippen LogP contribution in [0.4, 0.5) is 10.1 Å². The molecule has 0 bridgehead atoms. The molecular weight excluding hydrogens is 587 g/mol. The number of benzene rings is 2. The summed E-state index contributed by atoms with van der Waals surface area (Å²) in [5, 5.41) is 11.6. The molecule has 0 N–H and O–H groups in total. The third-order valence-electron chi connectivity index (χ3n) is 8.12. The molecule has 0 spiro atoms. The summed E-state index contributed by atoms with van der Waals surface area (Å²) in [5.41, 5.74) is 6.59. The predicted octanol–water partition coefficient (Wildman–Crippen LogP) is 8.73. The molecule has 2 atom stereocenters. The van der Waals surface area contributed by atoms with Gasteiger partial charge in [-0.15, -0.1) is 0 Å². The van der Waals surface area contributed by atoms with Crippen LogP contribution in [0.2, 0.25) is 0 Å². The number of aromatic nitrogens is 1. The highest BCUT2D eigenvalue weighted by Crippen LogP contribution is 2.45. The number of halogens is 1. The molecule has 1 aliphatic heterocycles. The lowest BCUT2D eigenvalue weighted by Gasteiger charge is -2.40. The van der Waals surface area contributed by atoms with Gasteiger partial charge in [-0.05, 0) is 94.7 Å². The fourth-order valence-electron chi connectivity index (χ4n) is 6.42. The van der Waals surface area contributed by atoms with Crippen molar-refractivity contribution in [2.45, 2.75) is 110 Å². The Labute approximate surface area is 270 Å². The number of nitro benzene ring substituents is 1. The van der Waals surface area contributed by atoms with E-state index in [4.69, 9.17) is 19.2 Å². The molecule has 244 valence electrons. The fourth-order valence-corrected chi connectivity index (χ4v) is 6.42. The van der Waals surface area contributed by atoms with Gasteiger partial charge in [-0.25, -0.2) is 4.39 Å². The third-order valence-corrected chi connectivity index (χ3v) is 8.12. The van der Waals surface area contributed by atoms with E-state index in [1.54, 1.807) is 18.2 Å². The molecule has 0 radical (unpaired) electrons. The second-order valence-electron chi connectivity index (χ2n) is 13.9. The number of nitro groups is 1. The first-order valence-corrected chi connectivity index (χ1v) is 16.0. The van der Waals surface area contributed by atoms with Gasteiger partial charge in [0.1, 0.15) is 11.4 Å². The quantitative estimate of drug-likeness (QED) is 0.146. The number of aryl methyl sites for hydroxylation is 2. The van der Waals surface area contributed by atoms with Gasteiger partial charge in [0.15, 0.2) is 5.79 Å². The van der Waals surface area contributed by atoms with Crippen molar-refractivity contribution in [2.24, 2.45) is 0 Å². The van der Waals surface area contributed by atoms with Crippen LogP contribution in [0.5, 0.6) is 0 Å². The SMILES string of the molecule is CC(C)c1nc2c(c(-c3ccc(F)cc3)c1/C=C/[C@@H]1C[C@H](CC(=O)OC(C)(C)C)OC(C)(C)O1)-c1ccc([N+](=O)[O-])cc1CCC2. The molecule has 0 amide bonds. The number of hydrogen-bond donors (Lipinski definition) is 0. The van der Waals surface area contributed by atoms with Gasteiger partial charge in [0, 0.05) is 40.9 Å². The normalized spacial score (nSPS) is 19.4. The second kappa shape index (κ2) is 13.0. The standard InChI is InChI=1S/C37H43FN2O6/c1-22(2)35-30(18-16-27-20-28(45-37(6,7)44-27)21-32(41)46-36(3,4)5)33(23-11-13-25(38)14-12-23)34-29-17-15-26(40(42)43)19-24(29)9-8-10-31(34)39-35/h11-19,22,27-28H,8-10,20-21H2,1-7H3/b18-16+/t27-,28-/m1/s1. The number of rotatable bonds is 7. The molecule has 9 heteroatoms. The molecule has 2 aromatic carbocycles. The summed E-state index contributed by atoms with van der Waals surface area (Å²) < 4.78 is 32.2. The van der Waals surface area contributed by atoms with E-state index in [-0.39, 0.29) is 40.8 Å². The zero-order chi connectivity index (χ0) is 33.4. The maximum absolute atomic E-state index is 14.2. The van der Waals surface area contributed by atoms with Crippen molar-refractivity contribution >= 4 is 17.7 Å². The first kappa shape index (κ1) is 33.4. The summed E-state index contributed by atoms with van der Waals surface area (Å²) >= 11 is 0. The number of non-ortho nitro benzene ring substituents is 1. The highest BCUT2D eigenvalue weighted by Gasteiger charge is 2.36. The molecule has 2 heterocycles. The monoisotopic (exact) mass is 630 g/mol. The van der Waals surface area contributed by atoms with Crippen molar-refractivity contribution in [3.63, 3.8) is 0 Å². The zero-order valence-electron chi connectivity index (χ0n) is 27.7. The van der Waals surface area contributed by atoms with Gasteiger partial charge in [0.25, 0.3) is 5.69 Å². The Morgan fingerprint density at radius 1 is 1.13 bits per heavy atom. The largest absolute Gasteiger partial charge is 0.460 e. The van der Waals surface area contributed by atoms with Crippen LogP contribution in [0.25, 0.3) is 28.3 Å². The summed E-state index contributed by atoms with van der Waals surface area (Å²) in [7, 11) is 0. The summed E-state index contributed by atoms with van der Waals surface area (Å²) in [4.78, 5) is 29.2. The molecule has 2 aliphatic rings. The van der Waals surface area contributed by atoms with Crippen LogP contribution in [0.1, 0.15) is 96.2 Å². The van der Waals surface area contributed by atoms with Gasteiger partial charge in [-0.2, -0.15) is 0 Å². The van der Waals surface area contributed by atoms with Gasteiger partial charge >= 0.3 is 5.97 Å². The fraction of sp³-hybridized carbons (Fsp3) is 0.459. The molecule has 1 aromatic heterocycles. The Bertz CT molecular complexity index is 1660. The number of hydrogen-bond acceptors (Lipinski definition) is 7. The number of pyridine rings is 1. The average Bonchev–Trinajstić information content (AvgIpc) is 3.12.